The molecule has 0 amide bonds. The molecule has 0 aromatic carbocycles. The van der Waals surface area contributed by atoms with Crippen molar-refractivity contribution in [1.29, 1.82) is 0 Å². The molecule has 18 heavy (non-hydrogen) atoms. The number of aliphatic hydroxyl groups excluding tert-OH is 2. The van der Waals surface area contributed by atoms with Crippen LogP contribution in [0.15, 0.2) is 0 Å². The molecule has 2 N–H and O–H groups in total. The molecular formula is C12H21O6-. The summed E-state index contributed by atoms with van der Waals surface area (Å²) in [4.78, 5) is 21.3. The Morgan fingerprint density at radius 3 is 2.17 bits per heavy atom. The van der Waals surface area contributed by atoms with Crippen LogP contribution >= 0.6 is 0 Å². The van der Waals surface area contributed by atoms with Crippen LogP contribution in [0.1, 0.15) is 45.4 Å². The van der Waals surface area contributed by atoms with Gasteiger partial charge in [0, 0.05) is 0 Å². The second-order valence-electron chi connectivity index (χ2n) is 4.14. The minimum absolute atomic E-state index is 0.113. The van der Waals surface area contributed by atoms with Gasteiger partial charge in [-0.3, -0.25) is 0 Å². The van der Waals surface area contributed by atoms with Crippen LogP contribution in [0.3, 0.4) is 0 Å². The molecule has 0 heterocycles. The summed E-state index contributed by atoms with van der Waals surface area (Å²) in [6.45, 7) is 2.23. The highest BCUT2D eigenvalue weighted by molar-refractivity contribution is 5.83. The van der Waals surface area contributed by atoms with Gasteiger partial charge in [0.2, 0.25) is 0 Å². The van der Waals surface area contributed by atoms with E-state index in [4.69, 9.17) is 10.2 Å². The van der Waals surface area contributed by atoms with E-state index in [1.54, 1.807) is 0 Å². The first-order valence-electron chi connectivity index (χ1n) is 6.24. The Morgan fingerprint density at radius 1 is 1.06 bits per heavy atom. The van der Waals surface area contributed by atoms with Gasteiger partial charge < -0.3 is 24.9 Å². The molecule has 106 valence electrons. The van der Waals surface area contributed by atoms with Crippen molar-refractivity contribution in [2.75, 3.05) is 6.61 Å². The lowest BCUT2D eigenvalue weighted by Crippen LogP contribution is -2.47. The van der Waals surface area contributed by atoms with E-state index in [2.05, 4.69) is 11.7 Å². The largest absolute Gasteiger partial charge is 0.547 e. The predicted octanol–water partition coefficient (Wildman–Crippen LogP) is -0.638. The van der Waals surface area contributed by atoms with Crippen molar-refractivity contribution in [2.45, 2.75) is 57.7 Å². The molecule has 0 aromatic heterocycles. The van der Waals surface area contributed by atoms with Gasteiger partial charge in [0.25, 0.3) is 0 Å². The van der Waals surface area contributed by atoms with Gasteiger partial charge in [-0.05, 0) is 6.42 Å². The highest BCUT2D eigenvalue weighted by Gasteiger charge is 2.26. The average molecular weight is 261 g/mol. The summed E-state index contributed by atoms with van der Waals surface area (Å²) in [5, 5.41) is 28.1. The standard InChI is InChI=1S/C12H22O6/c1-2-3-4-5-6-7-8-18-12(17)10(14)9(13)11(15)16/h9-10,13-14H,2-8H2,1H3,(H,15,16)/p-1/t9-,10-/m1/s1. The summed E-state index contributed by atoms with van der Waals surface area (Å²) in [5.74, 6) is -3.04. The minimum atomic E-state index is -2.25. The number of hydrogen-bond acceptors (Lipinski definition) is 6. The van der Waals surface area contributed by atoms with Crippen molar-refractivity contribution in [3.05, 3.63) is 0 Å². The van der Waals surface area contributed by atoms with Gasteiger partial charge in [0.05, 0.1) is 12.6 Å². The quantitative estimate of drug-likeness (QED) is 0.400. The maximum Gasteiger partial charge on any atom is 0.338 e. The van der Waals surface area contributed by atoms with Crippen molar-refractivity contribution in [3.63, 3.8) is 0 Å². The molecule has 6 heteroatoms. The molecule has 0 aliphatic rings. The highest BCUT2D eigenvalue weighted by atomic mass is 16.5. The zero-order valence-electron chi connectivity index (χ0n) is 10.6. The predicted molar refractivity (Wildman–Crippen MR) is 61.4 cm³/mol. The number of unbranched alkanes of at least 4 members (excludes halogenated alkanes) is 5. The number of esters is 1. The van der Waals surface area contributed by atoms with Crippen LogP contribution < -0.4 is 5.11 Å². The number of carboxylic acids is 1. The Hall–Kier alpha value is -1.14. The second-order valence-corrected chi connectivity index (χ2v) is 4.14. The summed E-state index contributed by atoms with van der Waals surface area (Å²) in [6, 6.07) is 0. The van der Waals surface area contributed by atoms with E-state index < -0.39 is 24.1 Å². The fourth-order valence-electron chi connectivity index (χ4n) is 1.40. The molecule has 0 aliphatic carbocycles. The van der Waals surface area contributed by atoms with Gasteiger partial charge in [-0.2, -0.15) is 0 Å². The van der Waals surface area contributed by atoms with Gasteiger partial charge in [0.15, 0.2) is 6.10 Å². The normalized spacial score (nSPS) is 13.9. The first-order valence-corrected chi connectivity index (χ1v) is 6.24. The summed E-state index contributed by atoms with van der Waals surface area (Å²) in [5.41, 5.74) is 0. The van der Waals surface area contributed by atoms with Crippen molar-refractivity contribution < 1.29 is 29.6 Å². The van der Waals surface area contributed by atoms with Crippen molar-refractivity contribution >= 4 is 11.9 Å². The number of ether oxygens (including phenoxy) is 1. The van der Waals surface area contributed by atoms with Crippen molar-refractivity contribution in [2.24, 2.45) is 0 Å². The second kappa shape index (κ2) is 9.85. The first-order chi connectivity index (χ1) is 8.50. The number of aliphatic hydroxyl groups is 2. The first kappa shape index (κ1) is 16.9. The van der Waals surface area contributed by atoms with Gasteiger partial charge in [0.1, 0.15) is 6.10 Å². The lowest BCUT2D eigenvalue weighted by atomic mass is 10.1. The topological polar surface area (TPSA) is 107 Å². The van der Waals surface area contributed by atoms with Crippen LogP contribution in [0.2, 0.25) is 0 Å². The summed E-state index contributed by atoms with van der Waals surface area (Å²) in [7, 11) is 0. The van der Waals surface area contributed by atoms with Crippen LogP contribution in [-0.2, 0) is 14.3 Å². The van der Waals surface area contributed by atoms with E-state index in [1.165, 1.54) is 6.42 Å². The minimum Gasteiger partial charge on any atom is -0.547 e. The van der Waals surface area contributed by atoms with Crippen molar-refractivity contribution in [1.82, 2.24) is 0 Å². The van der Waals surface area contributed by atoms with Crippen LogP contribution in [0, 0.1) is 0 Å². The van der Waals surface area contributed by atoms with E-state index >= 15 is 0 Å². The molecule has 6 nitrogen and oxygen atoms in total. The smallest absolute Gasteiger partial charge is 0.338 e. The van der Waals surface area contributed by atoms with Crippen molar-refractivity contribution in [3.8, 4) is 0 Å². The molecule has 0 saturated carbocycles. The Balaban J connectivity index is 3.61. The molecule has 0 bridgehead atoms. The molecule has 0 aromatic rings. The molecule has 0 radical (unpaired) electrons. The van der Waals surface area contributed by atoms with E-state index in [1.807, 2.05) is 0 Å². The van der Waals surface area contributed by atoms with E-state index in [9.17, 15) is 14.7 Å². The third kappa shape index (κ3) is 7.24. The van der Waals surface area contributed by atoms with Crippen LogP contribution in [0.5, 0.6) is 0 Å². The Kier molecular flexibility index (Phi) is 9.22. The fraction of sp³-hybridized carbons (Fsp3) is 0.833. The molecule has 0 unspecified atom stereocenters. The molecule has 0 aliphatic heterocycles. The van der Waals surface area contributed by atoms with Crippen LogP contribution in [0.4, 0.5) is 0 Å². The number of carbonyl (C=O) groups excluding carboxylic acids is 2. The van der Waals surface area contributed by atoms with Crippen LogP contribution in [0.25, 0.3) is 0 Å². The van der Waals surface area contributed by atoms with Crippen LogP contribution in [-0.4, -0.2) is 41.0 Å². The Morgan fingerprint density at radius 2 is 1.61 bits per heavy atom. The van der Waals surface area contributed by atoms with Gasteiger partial charge in [-0.1, -0.05) is 39.0 Å². The number of aliphatic carboxylic acids is 1. The zero-order chi connectivity index (χ0) is 14.0. The number of carbonyl (C=O) groups is 2. The third-order valence-corrected chi connectivity index (χ3v) is 2.52. The monoisotopic (exact) mass is 261 g/mol. The number of hydrogen-bond donors (Lipinski definition) is 2. The van der Waals surface area contributed by atoms with E-state index in [0.29, 0.717) is 6.42 Å². The molecule has 0 rings (SSSR count). The molecule has 0 spiro atoms. The van der Waals surface area contributed by atoms with Gasteiger partial charge >= 0.3 is 5.97 Å². The zero-order valence-corrected chi connectivity index (χ0v) is 10.6. The summed E-state index contributed by atoms with van der Waals surface area (Å²) in [6.07, 6.45) is 1.75. The number of carboxylic acid groups (broad SMARTS) is 1. The summed E-state index contributed by atoms with van der Waals surface area (Å²) >= 11 is 0. The van der Waals surface area contributed by atoms with Gasteiger partial charge in [-0.25, -0.2) is 4.79 Å². The Labute approximate surface area is 107 Å². The lowest BCUT2D eigenvalue weighted by molar-refractivity contribution is -0.318. The highest BCUT2D eigenvalue weighted by Crippen LogP contribution is 2.05. The average Bonchev–Trinajstić information content (AvgIpc) is 2.35. The van der Waals surface area contributed by atoms with Gasteiger partial charge in [-0.15, -0.1) is 0 Å². The molecule has 0 saturated heterocycles. The molecule has 0 fully saturated rings. The fourth-order valence-corrected chi connectivity index (χ4v) is 1.40. The lowest BCUT2D eigenvalue weighted by Gasteiger charge is -2.17. The molecular weight excluding hydrogens is 240 g/mol. The maximum atomic E-state index is 11.1. The SMILES string of the molecule is CCCCCCCCOC(=O)[C@H](O)[C@@H](O)C(=O)[O-]. The Bertz CT molecular complexity index is 253. The van der Waals surface area contributed by atoms with E-state index in [0.717, 1.165) is 25.7 Å². The maximum absolute atomic E-state index is 11.1. The molecule has 2 atom stereocenters. The number of rotatable bonds is 10. The summed E-state index contributed by atoms with van der Waals surface area (Å²) < 4.78 is 4.64. The van der Waals surface area contributed by atoms with E-state index in [-0.39, 0.29) is 6.61 Å². The third-order valence-electron chi connectivity index (χ3n) is 2.52.